The van der Waals surface area contributed by atoms with E-state index in [1.165, 1.54) is 22.5 Å². The minimum absolute atomic E-state index is 0.0384. The summed E-state index contributed by atoms with van der Waals surface area (Å²) in [4.78, 5) is 16.7. The molecule has 2 aromatic rings. The van der Waals surface area contributed by atoms with Crippen molar-refractivity contribution in [2.75, 3.05) is 12.3 Å². The molecule has 0 aliphatic heterocycles. The Hall–Kier alpha value is -1.92. The molecule has 1 aliphatic carbocycles. The Morgan fingerprint density at radius 2 is 2.32 bits per heavy atom. The Labute approximate surface area is 133 Å². The number of carbonyl (C=O) groups is 1. The van der Waals surface area contributed by atoms with Crippen molar-refractivity contribution in [2.45, 2.75) is 31.7 Å². The predicted octanol–water partition coefficient (Wildman–Crippen LogP) is 2.03. The van der Waals surface area contributed by atoms with Crippen LogP contribution in [0.25, 0.3) is 0 Å². The number of aryl methyl sites for hydroxylation is 1. The van der Waals surface area contributed by atoms with E-state index in [0.29, 0.717) is 18.7 Å². The molecule has 0 saturated heterocycles. The normalized spacial score (nSPS) is 17.0. The summed E-state index contributed by atoms with van der Waals surface area (Å²) >= 11 is 1.48. The van der Waals surface area contributed by atoms with Crippen LogP contribution in [-0.4, -0.2) is 17.4 Å². The quantitative estimate of drug-likeness (QED) is 0.752. The van der Waals surface area contributed by atoms with Crippen LogP contribution in [0.4, 0.5) is 5.69 Å². The Morgan fingerprint density at radius 3 is 3.14 bits per heavy atom. The maximum atomic E-state index is 12.4. The number of benzene rings is 1. The van der Waals surface area contributed by atoms with Crippen LogP contribution in [0.1, 0.15) is 45.5 Å². The van der Waals surface area contributed by atoms with E-state index in [1.807, 2.05) is 18.2 Å². The summed E-state index contributed by atoms with van der Waals surface area (Å²) in [5, 5.41) is 5.80. The first-order valence-electron chi connectivity index (χ1n) is 7.51. The van der Waals surface area contributed by atoms with E-state index in [2.05, 4.69) is 10.3 Å². The second-order valence-corrected chi connectivity index (χ2v) is 6.48. The predicted molar refractivity (Wildman–Crippen MR) is 88.9 cm³/mol. The van der Waals surface area contributed by atoms with Gasteiger partial charge in [-0.2, -0.15) is 0 Å². The number of thiazole rings is 1. The van der Waals surface area contributed by atoms with Crippen molar-refractivity contribution >= 4 is 22.9 Å². The number of hydrogen-bond acceptors (Lipinski definition) is 5. The number of carbonyl (C=O) groups excluding carboxylic acids is 1. The van der Waals surface area contributed by atoms with Crippen molar-refractivity contribution in [1.29, 1.82) is 0 Å². The van der Waals surface area contributed by atoms with Gasteiger partial charge in [0.2, 0.25) is 0 Å². The monoisotopic (exact) mass is 316 g/mol. The number of hydrogen-bond donors (Lipinski definition) is 3. The van der Waals surface area contributed by atoms with Crippen molar-refractivity contribution in [1.82, 2.24) is 10.3 Å². The highest BCUT2D eigenvalue weighted by molar-refractivity contribution is 7.09. The molecular weight excluding hydrogens is 296 g/mol. The second-order valence-electron chi connectivity index (χ2n) is 5.54. The lowest BCUT2D eigenvalue weighted by Gasteiger charge is -2.26. The van der Waals surface area contributed by atoms with Crippen molar-refractivity contribution < 1.29 is 4.79 Å². The number of nitrogens with zero attached hydrogens (tertiary/aromatic N) is 1. The van der Waals surface area contributed by atoms with Gasteiger partial charge in [0, 0.05) is 17.5 Å². The second kappa shape index (κ2) is 6.46. The first-order chi connectivity index (χ1) is 10.7. The topological polar surface area (TPSA) is 94.0 Å². The fourth-order valence-corrected chi connectivity index (χ4v) is 3.66. The third kappa shape index (κ3) is 3.13. The highest BCUT2D eigenvalue weighted by Gasteiger charge is 2.23. The number of nitrogens with one attached hydrogen (secondary N) is 1. The van der Waals surface area contributed by atoms with Crippen LogP contribution in [0.5, 0.6) is 0 Å². The first kappa shape index (κ1) is 15.0. The molecule has 1 aromatic carbocycles. The van der Waals surface area contributed by atoms with E-state index in [4.69, 9.17) is 11.5 Å². The highest BCUT2D eigenvalue weighted by Crippen LogP contribution is 2.31. The number of nitrogen functional groups attached to an aromatic ring is 1. The van der Waals surface area contributed by atoms with E-state index in [1.54, 1.807) is 5.38 Å². The van der Waals surface area contributed by atoms with Crippen LogP contribution in [-0.2, 0) is 12.8 Å². The molecule has 1 heterocycles. The van der Waals surface area contributed by atoms with Gasteiger partial charge in [0.05, 0.1) is 11.0 Å². The lowest BCUT2D eigenvalue weighted by Crippen LogP contribution is -2.31. The number of anilines is 1. The molecular formula is C16H20N4OS. The lowest BCUT2D eigenvalue weighted by molar-refractivity contribution is 0.0928. The van der Waals surface area contributed by atoms with Gasteiger partial charge in [-0.1, -0.05) is 6.07 Å². The molecule has 1 atom stereocenters. The first-order valence-corrected chi connectivity index (χ1v) is 8.39. The van der Waals surface area contributed by atoms with Crippen molar-refractivity contribution in [3.05, 3.63) is 45.4 Å². The number of fused-ring (bicyclic) bond motifs is 1. The summed E-state index contributed by atoms with van der Waals surface area (Å²) in [5.41, 5.74) is 15.0. The fourth-order valence-electron chi connectivity index (χ4n) is 2.87. The molecule has 0 bridgehead atoms. The largest absolute Gasteiger partial charge is 0.399 e. The van der Waals surface area contributed by atoms with E-state index in [0.717, 1.165) is 30.0 Å². The maximum Gasteiger partial charge on any atom is 0.271 e. The van der Waals surface area contributed by atoms with Crippen molar-refractivity contribution in [3.63, 3.8) is 0 Å². The molecule has 116 valence electrons. The van der Waals surface area contributed by atoms with Gasteiger partial charge in [0.15, 0.2) is 0 Å². The van der Waals surface area contributed by atoms with E-state index in [9.17, 15) is 4.79 Å². The molecule has 6 heteroatoms. The Bertz CT molecular complexity index is 683. The average molecular weight is 316 g/mol. The van der Waals surface area contributed by atoms with Gasteiger partial charge < -0.3 is 16.8 Å². The minimum atomic E-state index is -0.116. The lowest BCUT2D eigenvalue weighted by atomic mass is 9.87. The van der Waals surface area contributed by atoms with Crippen LogP contribution in [0.2, 0.25) is 0 Å². The van der Waals surface area contributed by atoms with Gasteiger partial charge in [0.1, 0.15) is 5.69 Å². The Balaban J connectivity index is 1.74. The molecule has 0 saturated carbocycles. The third-order valence-electron chi connectivity index (χ3n) is 3.93. The third-order valence-corrected chi connectivity index (χ3v) is 4.84. The SMILES string of the molecule is NCCc1nc(C(=O)NC2CCCc3cc(N)ccc32)cs1. The molecule has 5 N–H and O–H groups in total. The summed E-state index contributed by atoms with van der Waals surface area (Å²) in [6.45, 7) is 0.548. The molecule has 22 heavy (non-hydrogen) atoms. The summed E-state index contributed by atoms with van der Waals surface area (Å²) in [6.07, 6.45) is 3.73. The summed E-state index contributed by atoms with van der Waals surface area (Å²) in [5.74, 6) is -0.116. The number of amides is 1. The standard InChI is InChI=1S/C16H20N4OS/c17-7-6-15-19-14(9-22-15)16(21)20-13-3-1-2-10-8-11(18)4-5-12(10)13/h4-5,8-9,13H,1-3,6-7,17-18H2,(H,20,21). The molecule has 1 aliphatic rings. The minimum Gasteiger partial charge on any atom is -0.399 e. The molecule has 0 spiro atoms. The Kier molecular flexibility index (Phi) is 4.40. The van der Waals surface area contributed by atoms with Crippen molar-refractivity contribution in [3.8, 4) is 0 Å². The Morgan fingerprint density at radius 1 is 1.45 bits per heavy atom. The smallest absolute Gasteiger partial charge is 0.271 e. The van der Waals surface area contributed by atoms with Crippen LogP contribution >= 0.6 is 11.3 Å². The van der Waals surface area contributed by atoms with Crippen LogP contribution in [0.3, 0.4) is 0 Å². The average Bonchev–Trinajstić information content (AvgIpc) is 2.96. The van der Waals surface area contributed by atoms with E-state index in [-0.39, 0.29) is 11.9 Å². The van der Waals surface area contributed by atoms with Crippen LogP contribution in [0, 0.1) is 0 Å². The molecule has 1 aromatic heterocycles. The highest BCUT2D eigenvalue weighted by atomic mass is 32.1. The summed E-state index contributed by atoms with van der Waals surface area (Å²) < 4.78 is 0. The van der Waals surface area contributed by atoms with Gasteiger partial charge >= 0.3 is 0 Å². The van der Waals surface area contributed by atoms with Gasteiger partial charge in [-0.05, 0) is 49.1 Å². The zero-order valence-electron chi connectivity index (χ0n) is 12.3. The van der Waals surface area contributed by atoms with Gasteiger partial charge in [0.25, 0.3) is 5.91 Å². The molecule has 0 radical (unpaired) electrons. The molecule has 1 amide bonds. The molecule has 3 rings (SSSR count). The van der Waals surface area contributed by atoms with Crippen molar-refractivity contribution in [2.24, 2.45) is 5.73 Å². The van der Waals surface area contributed by atoms with Crippen LogP contribution < -0.4 is 16.8 Å². The van der Waals surface area contributed by atoms with Gasteiger partial charge in [-0.25, -0.2) is 4.98 Å². The number of rotatable bonds is 4. The molecule has 1 unspecified atom stereocenters. The zero-order valence-corrected chi connectivity index (χ0v) is 13.2. The van der Waals surface area contributed by atoms with E-state index >= 15 is 0 Å². The molecule has 5 nitrogen and oxygen atoms in total. The van der Waals surface area contributed by atoms with Crippen LogP contribution in [0.15, 0.2) is 23.6 Å². The summed E-state index contributed by atoms with van der Waals surface area (Å²) in [6, 6.07) is 5.97. The summed E-state index contributed by atoms with van der Waals surface area (Å²) in [7, 11) is 0. The van der Waals surface area contributed by atoms with Gasteiger partial charge in [-0.3, -0.25) is 4.79 Å². The van der Waals surface area contributed by atoms with Gasteiger partial charge in [-0.15, -0.1) is 11.3 Å². The van der Waals surface area contributed by atoms with E-state index < -0.39 is 0 Å². The fraction of sp³-hybridized carbons (Fsp3) is 0.375. The molecule has 0 fully saturated rings. The zero-order chi connectivity index (χ0) is 15.5. The number of nitrogens with two attached hydrogens (primary N) is 2. The maximum absolute atomic E-state index is 12.4. The number of aromatic nitrogens is 1.